The van der Waals surface area contributed by atoms with Gasteiger partial charge in [-0.25, -0.2) is 4.98 Å². The van der Waals surface area contributed by atoms with Crippen molar-refractivity contribution in [2.75, 3.05) is 6.54 Å². The number of nitrogens with two attached hydrogens (primary N) is 1. The molecule has 2 aromatic rings. The van der Waals surface area contributed by atoms with Crippen molar-refractivity contribution in [2.45, 2.75) is 65.5 Å². The van der Waals surface area contributed by atoms with Crippen LogP contribution in [0.3, 0.4) is 0 Å². The number of carbonyl (C=O) groups is 1. The monoisotopic (exact) mass is 412 g/mol. The first-order chi connectivity index (χ1) is 12.4. The Kier molecular flexibility index (Phi) is 7.42. The van der Waals surface area contributed by atoms with Crippen LogP contribution in [0, 0.1) is 12.8 Å². The van der Waals surface area contributed by atoms with Gasteiger partial charge in [0.1, 0.15) is 10.7 Å². The van der Waals surface area contributed by atoms with Gasteiger partial charge in [0.05, 0.1) is 10.3 Å². The highest BCUT2D eigenvalue weighted by Crippen LogP contribution is 2.28. The zero-order valence-electron chi connectivity index (χ0n) is 16.2. The van der Waals surface area contributed by atoms with Crippen molar-refractivity contribution in [3.63, 3.8) is 0 Å². The lowest BCUT2D eigenvalue weighted by atomic mass is 10.0. The van der Waals surface area contributed by atoms with Crippen LogP contribution < -0.4 is 16.6 Å². The first-order valence-electron chi connectivity index (χ1n) is 9.46. The molecule has 6 nitrogen and oxygen atoms in total. The molecule has 0 spiro atoms. The number of hydrogen-bond donors (Lipinski definition) is 2. The first-order valence-corrected chi connectivity index (χ1v) is 10.3. The Bertz CT molecular complexity index is 875. The molecule has 0 radical (unpaired) electrons. The van der Waals surface area contributed by atoms with Gasteiger partial charge in [0.2, 0.25) is 0 Å². The third kappa shape index (κ3) is 4.52. The van der Waals surface area contributed by atoms with Crippen LogP contribution in [0.5, 0.6) is 0 Å². The molecule has 1 aliphatic rings. The van der Waals surface area contributed by atoms with Crippen LogP contribution in [-0.2, 0) is 13.0 Å². The average Bonchev–Trinajstić information content (AvgIpc) is 2.77. The minimum absolute atomic E-state index is 0. The van der Waals surface area contributed by atoms with E-state index in [2.05, 4.69) is 19.2 Å². The van der Waals surface area contributed by atoms with E-state index in [1.807, 2.05) is 6.92 Å². The number of halogens is 1. The van der Waals surface area contributed by atoms with Crippen molar-refractivity contribution in [3.05, 3.63) is 26.6 Å². The first kappa shape index (κ1) is 21.9. The summed E-state index contributed by atoms with van der Waals surface area (Å²) >= 11 is 1.32. The second kappa shape index (κ2) is 9.17. The van der Waals surface area contributed by atoms with Gasteiger partial charge in [-0.2, -0.15) is 0 Å². The Morgan fingerprint density at radius 3 is 2.74 bits per heavy atom. The molecular formula is C19H29ClN4O2S. The van der Waals surface area contributed by atoms with Gasteiger partial charge in [-0.3, -0.25) is 14.2 Å². The Morgan fingerprint density at radius 1 is 1.33 bits per heavy atom. The van der Waals surface area contributed by atoms with E-state index in [0.717, 1.165) is 50.0 Å². The third-order valence-corrected chi connectivity index (χ3v) is 6.18. The fourth-order valence-corrected chi connectivity index (χ4v) is 4.75. The third-order valence-electron chi connectivity index (χ3n) is 4.99. The van der Waals surface area contributed by atoms with Gasteiger partial charge in [-0.1, -0.05) is 20.3 Å². The highest BCUT2D eigenvalue weighted by atomic mass is 35.5. The van der Waals surface area contributed by atoms with Gasteiger partial charge >= 0.3 is 0 Å². The molecule has 27 heavy (non-hydrogen) atoms. The standard InChI is InChI=1S/C19H28N4O2S.ClH/c1-11(2)9-13(10-20)21-17(24)16-12(3)15-18(26-16)22-14-7-5-4-6-8-23(14)19(15)25;/h11,13H,4-10,20H2,1-3H3,(H,21,24);1H. The van der Waals surface area contributed by atoms with Crippen LogP contribution in [0.25, 0.3) is 10.2 Å². The van der Waals surface area contributed by atoms with Gasteiger partial charge in [-0.15, -0.1) is 23.7 Å². The van der Waals surface area contributed by atoms with Gasteiger partial charge in [0.25, 0.3) is 11.5 Å². The number of amides is 1. The molecule has 0 saturated heterocycles. The molecule has 0 aromatic carbocycles. The minimum atomic E-state index is -0.152. The molecule has 0 aliphatic carbocycles. The van der Waals surface area contributed by atoms with Crippen LogP contribution in [0.4, 0.5) is 0 Å². The molecule has 1 atom stereocenters. The van der Waals surface area contributed by atoms with Crippen molar-refractivity contribution < 1.29 is 4.79 Å². The van der Waals surface area contributed by atoms with E-state index < -0.39 is 0 Å². The Hall–Kier alpha value is -1.44. The highest BCUT2D eigenvalue weighted by Gasteiger charge is 2.23. The van der Waals surface area contributed by atoms with Crippen molar-refractivity contribution in [1.29, 1.82) is 0 Å². The molecule has 0 saturated carbocycles. The number of aryl methyl sites for hydroxylation is 2. The molecule has 2 aromatic heterocycles. The highest BCUT2D eigenvalue weighted by molar-refractivity contribution is 7.20. The molecule has 3 heterocycles. The van der Waals surface area contributed by atoms with E-state index in [9.17, 15) is 9.59 Å². The van der Waals surface area contributed by atoms with Gasteiger partial charge < -0.3 is 11.1 Å². The SMILES string of the molecule is Cc1c(C(=O)NC(CN)CC(C)C)sc2nc3n(c(=O)c12)CCCCC3.Cl. The fraction of sp³-hybridized carbons (Fsp3) is 0.632. The van der Waals surface area contributed by atoms with Gasteiger partial charge in [-0.05, 0) is 37.7 Å². The summed E-state index contributed by atoms with van der Waals surface area (Å²) in [6, 6.07) is -0.0575. The molecule has 0 fully saturated rings. The van der Waals surface area contributed by atoms with Crippen molar-refractivity contribution in [2.24, 2.45) is 11.7 Å². The van der Waals surface area contributed by atoms with Gasteiger partial charge in [0.15, 0.2) is 0 Å². The van der Waals surface area contributed by atoms with Crippen molar-refractivity contribution >= 4 is 39.9 Å². The predicted molar refractivity (Wildman–Crippen MR) is 113 cm³/mol. The molecular weight excluding hydrogens is 384 g/mol. The second-order valence-corrected chi connectivity index (χ2v) is 8.57. The van der Waals surface area contributed by atoms with Crippen LogP contribution in [0.1, 0.15) is 60.6 Å². The number of fused-ring (bicyclic) bond motifs is 2. The Morgan fingerprint density at radius 2 is 2.07 bits per heavy atom. The normalized spacial score (nSPS) is 15.1. The summed E-state index contributed by atoms with van der Waals surface area (Å²) in [7, 11) is 0. The van der Waals surface area contributed by atoms with E-state index in [0.29, 0.717) is 27.6 Å². The lowest BCUT2D eigenvalue weighted by Crippen LogP contribution is -2.41. The smallest absolute Gasteiger partial charge is 0.262 e. The lowest BCUT2D eigenvalue weighted by Gasteiger charge is -2.18. The number of aromatic nitrogens is 2. The Balaban J connectivity index is 0.00000261. The summed E-state index contributed by atoms with van der Waals surface area (Å²) in [5, 5.41) is 3.62. The molecule has 3 rings (SSSR count). The number of carbonyl (C=O) groups excluding carboxylic acids is 1. The topological polar surface area (TPSA) is 90.0 Å². The van der Waals surface area contributed by atoms with Crippen LogP contribution in [0.15, 0.2) is 4.79 Å². The van der Waals surface area contributed by atoms with Crippen LogP contribution in [-0.4, -0.2) is 28.0 Å². The van der Waals surface area contributed by atoms with E-state index in [1.54, 1.807) is 4.57 Å². The molecule has 8 heteroatoms. The van der Waals surface area contributed by atoms with Crippen molar-refractivity contribution in [1.82, 2.24) is 14.9 Å². The largest absolute Gasteiger partial charge is 0.347 e. The Labute approximate surface area is 170 Å². The maximum atomic E-state index is 13.0. The van der Waals surface area contributed by atoms with E-state index in [4.69, 9.17) is 10.7 Å². The number of thiophene rings is 1. The average molecular weight is 413 g/mol. The zero-order chi connectivity index (χ0) is 18.8. The van der Waals surface area contributed by atoms with E-state index in [-0.39, 0.29) is 29.9 Å². The predicted octanol–water partition coefficient (Wildman–Crippen LogP) is 3.02. The zero-order valence-corrected chi connectivity index (χ0v) is 17.8. The maximum absolute atomic E-state index is 13.0. The van der Waals surface area contributed by atoms with Gasteiger partial charge in [0, 0.05) is 25.6 Å². The van der Waals surface area contributed by atoms with Crippen LogP contribution >= 0.6 is 23.7 Å². The summed E-state index contributed by atoms with van der Waals surface area (Å²) in [4.78, 5) is 31.7. The second-order valence-electron chi connectivity index (χ2n) is 7.57. The van der Waals surface area contributed by atoms with Crippen LogP contribution in [0.2, 0.25) is 0 Å². The van der Waals surface area contributed by atoms with E-state index >= 15 is 0 Å². The summed E-state index contributed by atoms with van der Waals surface area (Å²) in [6.07, 6.45) is 4.85. The molecule has 0 bridgehead atoms. The summed E-state index contributed by atoms with van der Waals surface area (Å²) in [5.41, 5.74) is 6.54. The molecule has 1 amide bonds. The molecule has 3 N–H and O–H groups in total. The quantitative estimate of drug-likeness (QED) is 0.789. The minimum Gasteiger partial charge on any atom is -0.347 e. The summed E-state index contributed by atoms with van der Waals surface area (Å²) in [5.74, 6) is 1.16. The molecule has 1 aliphatic heterocycles. The maximum Gasteiger partial charge on any atom is 0.262 e. The number of nitrogens with one attached hydrogen (secondary N) is 1. The van der Waals surface area contributed by atoms with Crippen molar-refractivity contribution in [3.8, 4) is 0 Å². The summed E-state index contributed by atoms with van der Waals surface area (Å²) < 4.78 is 1.80. The van der Waals surface area contributed by atoms with E-state index in [1.165, 1.54) is 11.3 Å². The summed E-state index contributed by atoms with van der Waals surface area (Å²) in [6.45, 7) is 7.19. The fourth-order valence-electron chi connectivity index (χ4n) is 3.66. The number of nitrogens with zero attached hydrogens (tertiary/aromatic N) is 2. The number of hydrogen-bond acceptors (Lipinski definition) is 5. The lowest BCUT2D eigenvalue weighted by molar-refractivity contribution is 0.0937. The molecule has 1 unspecified atom stereocenters. The number of rotatable bonds is 5. The molecule has 150 valence electrons.